The second-order valence-corrected chi connectivity index (χ2v) is 6.11. The van der Waals surface area contributed by atoms with Gasteiger partial charge in [-0.25, -0.2) is 0 Å². The third-order valence-electron chi connectivity index (χ3n) is 3.42. The zero-order valence-corrected chi connectivity index (χ0v) is 13.9. The Morgan fingerprint density at radius 2 is 1.95 bits per heavy atom. The van der Waals surface area contributed by atoms with Gasteiger partial charge in [0, 0.05) is 17.6 Å². The van der Waals surface area contributed by atoms with Crippen LogP contribution in [0.25, 0.3) is 0 Å². The molecule has 1 N–H and O–H groups in total. The van der Waals surface area contributed by atoms with Crippen molar-refractivity contribution in [2.24, 2.45) is 0 Å². The molecular formula is C14H15BrClN5. The number of hydrogen-bond acceptors (Lipinski definition) is 5. The third-order valence-corrected chi connectivity index (χ3v) is 4.65. The van der Waals surface area contributed by atoms with Crippen molar-refractivity contribution in [3.05, 3.63) is 33.5 Å². The summed E-state index contributed by atoms with van der Waals surface area (Å²) in [6, 6.07) is 5.97. The normalized spacial score (nSPS) is 14.5. The molecule has 0 unspecified atom stereocenters. The van der Waals surface area contributed by atoms with E-state index in [0.717, 1.165) is 41.7 Å². The Labute approximate surface area is 136 Å². The van der Waals surface area contributed by atoms with E-state index in [0.29, 0.717) is 11.9 Å². The number of nitrogens with zero attached hydrogens (tertiary/aromatic N) is 4. The first-order valence-corrected chi connectivity index (χ1v) is 7.99. The lowest BCUT2D eigenvalue weighted by molar-refractivity contribution is 0.883. The highest BCUT2D eigenvalue weighted by molar-refractivity contribution is 9.10. The van der Waals surface area contributed by atoms with E-state index < -0.39 is 0 Å². The van der Waals surface area contributed by atoms with Crippen LogP contribution in [0.3, 0.4) is 0 Å². The number of halogens is 2. The molecule has 0 spiro atoms. The Bertz CT molecular complexity index is 658. The van der Waals surface area contributed by atoms with Gasteiger partial charge >= 0.3 is 0 Å². The highest BCUT2D eigenvalue weighted by Gasteiger charge is 2.17. The van der Waals surface area contributed by atoms with Gasteiger partial charge in [-0.2, -0.15) is 15.0 Å². The summed E-state index contributed by atoms with van der Waals surface area (Å²) in [7, 11) is 0. The minimum absolute atomic E-state index is 0.207. The van der Waals surface area contributed by atoms with Gasteiger partial charge in [0.2, 0.25) is 17.2 Å². The van der Waals surface area contributed by atoms with E-state index in [1.807, 2.05) is 25.1 Å². The molecule has 2 aromatic rings. The van der Waals surface area contributed by atoms with E-state index in [-0.39, 0.29) is 5.28 Å². The van der Waals surface area contributed by atoms with Crippen LogP contribution in [0.15, 0.2) is 22.7 Å². The molecule has 0 atom stereocenters. The second kappa shape index (κ2) is 6.15. The average Bonchev–Trinajstić information content (AvgIpc) is 2.97. The van der Waals surface area contributed by atoms with E-state index in [9.17, 15) is 0 Å². The van der Waals surface area contributed by atoms with Gasteiger partial charge in [0.05, 0.1) is 5.69 Å². The fourth-order valence-electron chi connectivity index (χ4n) is 2.32. The molecule has 1 aliphatic heterocycles. The molecule has 1 aromatic heterocycles. The Kier molecular flexibility index (Phi) is 4.26. The van der Waals surface area contributed by atoms with Gasteiger partial charge in [0.15, 0.2) is 0 Å². The summed E-state index contributed by atoms with van der Waals surface area (Å²) in [6.45, 7) is 3.97. The summed E-state index contributed by atoms with van der Waals surface area (Å²) in [5.41, 5.74) is 2.05. The molecule has 1 aromatic carbocycles. The van der Waals surface area contributed by atoms with Crippen LogP contribution in [-0.4, -0.2) is 28.0 Å². The fraction of sp³-hybridized carbons (Fsp3) is 0.357. The molecule has 2 heterocycles. The second-order valence-electron chi connectivity index (χ2n) is 4.98. The SMILES string of the molecule is Cc1cccc(Nc2nc(Cl)nc(N3CCCC3)n2)c1Br. The molecule has 1 saturated heterocycles. The summed E-state index contributed by atoms with van der Waals surface area (Å²) >= 11 is 9.59. The number of aromatic nitrogens is 3. The molecule has 0 amide bonds. The van der Waals surface area contributed by atoms with Gasteiger partial charge in [0.25, 0.3) is 0 Å². The van der Waals surface area contributed by atoms with Crippen LogP contribution < -0.4 is 10.2 Å². The number of rotatable bonds is 3. The Hall–Kier alpha value is -1.40. The van der Waals surface area contributed by atoms with Crippen LogP contribution in [0.4, 0.5) is 17.6 Å². The predicted molar refractivity (Wildman–Crippen MR) is 88.4 cm³/mol. The first kappa shape index (κ1) is 14.5. The Morgan fingerprint density at radius 3 is 2.71 bits per heavy atom. The van der Waals surface area contributed by atoms with Crippen molar-refractivity contribution in [2.75, 3.05) is 23.3 Å². The maximum absolute atomic E-state index is 6.03. The van der Waals surface area contributed by atoms with Gasteiger partial charge in [0.1, 0.15) is 0 Å². The highest BCUT2D eigenvalue weighted by atomic mass is 79.9. The molecule has 0 saturated carbocycles. The standard InChI is InChI=1S/C14H15BrClN5/c1-9-5-4-6-10(11(9)15)17-13-18-12(16)19-14(20-13)21-7-2-3-8-21/h4-6H,2-3,7-8H2,1H3,(H,17,18,19,20). The molecule has 21 heavy (non-hydrogen) atoms. The quantitative estimate of drug-likeness (QED) is 0.889. The zero-order valence-electron chi connectivity index (χ0n) is 11.6. The largest absolute Gasteiger partial charge is 0.341 e. The van der Waals surface area contributed by atoms with Gasteiger partial charge in [-0.1, -0.05) is 12.1 Å². The predicted octanol–water partition coefficient (Wildman–Crippen LogP) is 3.94. The average molecular weight is 369 g/mol. The molecule has 1 fully saturated rings. The van der Waals surface area contributed by atoms with Crippen molar-refractivity contribution in [2.45, 2.75) is 19.8 Å². The maximum Gasteiger partial charge on any atom is 0.233 e. The van der Waals surface area contributed by atoms with Gasteiger partial charge < -0.3 is 10.2 Å². The van der Waals surface area contributed by atoms with Crippen molar-refractivity contribution in [3.63, 3.8) is 0 Å². The molecule has 0 radical (unpaired) electrons. The molecule has 5 nitrogen and oxygen atoms in total. The molecule has 0 bridgehead atoms. The number of benzene rings is 1. The van der Waals surface area contributed by atoms with E-state index in [2.05, 4.69) is 41.1 Å². The highest BCUT2D eigenvalue weighted by Crippen LogP contribution is 2.28. The fourth-order valence-corrected chi connectivity index (χ4v) is 2.84. The lowest BCUT2D eigenvalue weighted by Crippen LogP contribution is -2.21. The summed E-state index contributed by atoms with van der Waals surface area (Å²) in [5.74, 6) is 1.10. The van der Waals surface area contributed by atoms with E-state index in [4.69, 9.17) is 11.6 Å². The monoisotopic (exact) mass is 367 g/mol. The van der Waals surface area contributed by atoms with Crippen LogP contribution in [-0.2, 0) is 0 Å². The van der Waals surface area contributed by atoms with Gasteiger partial charge in [-0.3, -0.25) is 0 Å². The maximum atomic E-state index is 6.03. The van der Waals surface area contributed by atoms with Crippen LogP contribution in [0.2, 0.25) is 5.28 Å². The van der Waals surface area contributed by atoms with E-state index >= 15 is 0 Å². The lowest BCUT2D eigenvalue weighted by Gasteiger charge is -2.16. The minimum Gasteiger partial charge on any atom is -0.341 e. The smallest absolute Gasteiger partial charge is 0.233 e. The van der Waals surface area contributed by atoms with Crippen molar-refractivity contribution < 1.29 is 0 Å². The number of aryl methyl sites for hydroxylation is 1. The van der Waals surface area contributed by atoms with Crippen LogP contribution in [0.5, 0.6) is 0 Å². The van der Waals surface area contributed by atoms with Crippen molar-refractivity contribution in [1.29, 1.82) is 0 Å². The number of hydrogen-bond donors (Lipinski definition) is 1. The first-order chi connectivity index (χ1) is 10.1. The van der Waals surface area contributed by atoms with E-state index in [1.165, 1.54) is 0 Å². The lowest BCUT2D eigenvalue weighted by atomic mass is 10.2. The summed E-state index contributed by atoms with van der Waals surface area (Å²) in [5, 5.41) is 3.40. The first-order valence-electron chi connectivity index (χ1n) is 6.82. The topological polar surface area (TPSA) is 53.9 Å². The number of nitrogens with one attached hydrogen (secondary N) is 1. The van der Waals surface area contributed by atoms with Crippen molar-refractivity contribution in [1.82, 2.24) is 15.0 Å². The van der Waals surface area contributed by atoms with Crippen LogP contribution >= 0.6 is 27.5 Å². The van der Waals surface area contributed by atoms with Crippen molar-refractivity contribution >= 4 is 45.1 Å². The third kappa shape index (κ3) is 3.27. The molecule has 110 valence electrons. The molecule has 1 aliphatic rings. The van der Waals surface area contributed by atoms with Crippen LogP contribution in [0, 0.1) is 6.92 Å². The zero-order chi connectivity index (χ0) is 14.8. The molecular weight excluding hydrogens is 354 g/mol. The molecule has 3 rings (SSSR count). The Morgan fingerprint density at radius 1 is 1.19 bits per heavy atom. The summed E-state index contributed by atoms with van der Waals surface area (Å²) in [4.78, 5) is 15.0. The number of anilines is 3. The summed E-state index contributed by atoms with van der Waals surface area (Å²) in [6.07, 6.45) is 2.32. The van der Waals surface area contributed by atoms with E-state index in [1.54, 1.807) is 0 Å². The van der Waals surface area contributed by atoms with Crippen molar-refractivity contribution in [3.8, 4) is 0 Å². The summed E-state index contributed by atoms with van der Waals surface area (Å²) < 4.78 is 0.990. The van der Waals surface area contributed by atoms with Gasteiger partial charge in [-0.15, -0.1) is 0 Å². The minimum atomic E-state index is 0.207. The Balaban J connectivity index is 1.89. The van der Waals surface area contributed by atoms with Crippen LogP contribution in [0.1, 0.15) is 18.4 Å². The van der Waals surface area contributed by atoms with Gasteiger partial charge in [-0.05, 0) is 58.9 Å². The molecule has 0 aliphatic carbocycles. The molecule has 7 heteroatoms.